The molecule has 14 aromatic rings. The Hall–Kier alpha value is -12.0. The molecule has 8 aliphatic rings. The van der Waals surface area contributed by atoms with E-state index in [9.17, 15) is 0 Å². The zero-order chi connectivity index (χ0) is 96.7. The molecule has 0 spiro atoms. The molecule has 698 valence electrons. The number of rotatable bonds is 15. The first kappa shape index (κ1) is 91.1. The standard InChI is InChI=1S/C130H142B2N6/c1-119(2,3)85-52-58-95(59-53-85)135-112-83-111-103(82-109(112)132-107-67-65-100(134(93-46-34-27-35-47-93)94-48-36-28-37-49-94)81-102(107)125(17,18)104-76-89(122(10,11)12)78-113(135)116(104)132)128(22)84-88(70-73-130(128,24)138(111)98-62-56-87(57-63-98)121(7,8)9)123(13,14)74-75-124(15,16)90-77-105-117-114(79-90)136(96-60-54-86(55-61-96)120(4,5)6)118-108(68-69-110-115(118)127(21)71-40-41-72-129(127,23)137(110)97-50-38-29-39-51-97)131(117)106-66-64-99(80-101(106)126(105,19)20)133(91-42-30-25-31-43-91)92-44-32-26-33-45-92/h25-39,42-69,76-83,88H,40-41,70-75,84H2,1-24H3. The highest BCUT2D eigenvalue weighted by Gasteiger charge is 2.64. The zero-order valence-corrected chi connectivity index (χ0v) is 86.7. The zero-order valence-electron chi connectivity index (χ0n) is 86.7. The molecule has 0 radical (unpaired) electrons. The summed E-state index contributed by atoms with van der Waals surface area (Å²) in [5, 5.41) is 0. The second kappa shape index (κ2) is 31.8. The Balaban J connectivity index is 0.706. The van der Waals surface area contributed by atoms with Crippen LogP contribution in [0.1, 0.15) is 285 Å². The Morgan fingerprint density at radius 1 is 0.297 bits per heavy atom. The molecule has 0 saturated heterocycles. The van der Waals surface area contributed by atoms with Crippen LogP contribution in [0.4, 0.5) is 91.0 Å². The van der Waals surface area contributed by atoms with Gasteiger partial charge in [0, 0.05) is 118 Å². The molecular weight excluding hydrogens is 1670 g/mol. The number of fused-ring (bicyclic) bond motifs is 15. The molecule has 2 saturated carbocycles. The quantitative estimate of drug-likeness (QED) is 0.0946. The summed E-state index contributed by atoms with van der Waals surface area (Å²) in [7, 11) is 0. The van der Waals surface area contributed by atoms with Crippen molar-refractivity contribution in [3.63, 3.8) is 0 Å². The van der Waals surface area contributed by atoms with Crippen molar-refractivity contribution >= 4 is 137 Å². The maximum atomic E-state index is 2.89. The van der Waals surface area contributed by atoms with Gasteiger partial charge >= 0.3 is 0 Å². The summed E-state index contributed by atoms with van der Waals surface area (Å²) in [6.07, 6.45) is 9.91. The molecule has 6 heterocycles. The van der Waals surface area contributed by atoms with E-state index < -0.39 is 10.8 Å². The number of benzene rings is 14. The molecule has 5 unspecified atom stereocenters. The molecule has 14 aromatic carbocycles. The summed E-state index contributed by atoms with van der Waals surface area (Å²) < 4.78 is 0. The van der Waals surface area contributed by atoms with Crippen LogP contribution in [-0.4, -0.2) is 24.5 Å². The number of anilines is 16. The lowest BCUT2D eigenvalue weighted by atomic mass is 9.29. The van der Waals surface area contributed by atoms with E-state index in [0.717, 1.165) is 73.4 Å². The maximum absolute atomic E-state index is 2.89. The fraction of sp³-hybridized carbons (Fsp3) is 0.354. The van der Waals surface area contributed by atoms with Crippen LogP contribution in [-0.2, 0) is 48.7 Å². The van der Waals surface area contributed by atoms with E-state index in [1.165, 1.54) is 169 Å². The Morgan fingerprint density at radius 3 is 1.17 bits per heavy atom. The van der Waals surface area contributed by atoms with Crippen LogP contribution in [0.3, 0.4) is 0 Å². The monoisotopic (exact) mass is 1810 g/mol. The first-order chi connectivity index (χ1) is 65.4. The molecule has 138 heavy (non-hydrogen) atoms. The number of para-hydroxylation sites is 5. The van der Waals surface area contributed by atoms with E-state index in [1.807, 2.05) is 0 Å². The van der Waals surface area contributed by atoms with Crippen LogP contribution in [0.15, 0.2) is 309 Å². The molecule has 2 aliphatic carbocycles. The molecule has 0 aromatic heterocycles. The van der Waals surface area contributed by atoms with Gasteiger partial charge in [-0.25, -0.2) is 0 Å². The predicted molar refractivity (Wildman–Crippen MR) is 593 cm³/mol. The molecule has 2 fully saturated rings. The van der Waals surface area contributed by atoms with Crippen LogP contribution in [0.2, 0.25) is 0 Å². The van der Waals surface area contributed by atoms with Crippen LogP contribution in [0, 0.1) is 11.3 Å². The summed E-state index contributed by atoms with van der Waals surface area (Å²) in [4.78, 5) is 16.2. The number of hydrogen-bond acceptors (Lipinski definition) is 6. The highest BCUT2D eigenvalue weighted by molar-refractivity contribution is 7.00. The molecule has 0 bridgehead atoms. The highest BCUT2D eigenvalue weighted by Crippen LogP contribution is 2.68. The fourth-order valence-electron chi connectivity index (χ4n) is 27.2. The van der Waals surface area contributed by atoms with Crippen molar-refractivity contribution in [2.75, 3.05) is 29.4 Å². The van der Waals surface area contributed by atoms with Crippen molar-refractivity contribution in [3.05, 3.63) is 371 Å². The van der Waals surface area contributed by atoms with E-state index in [2.05, 4.69) is 505 Å². The molecule has 6 nitrogen and oxygen atoms in total. The summed E-state index contributed by atoms with van der Waals surface area (Å²) in [6, 6.07) is 122. The molecule has 0 amide bonds. The molecule has 22 rings (SSSR count). The van der Waals surface area contributed by atoms with Gasteiger partial charge in [0.25, 0.3) is 0 Å². The highest BCUT2D eigenvalue weighted by atomic mass is 15.3. The van der Waals surface area contributed by atoms with Gasteiger partial charge in [-0.1, -0.05) is 340 Å². The minimum Gasteiger partial charge on any atom is -0.334 e. The van der Waals surface area contributed by atoms with E-state index >= 15 is 0 Å². The largest absolute Gasteiger partial charge is 0.334 e. The summed E-state index contributed by atoms with van der Waals surface area (Å²) in [6.45, 7) is 59.9. The van der Waals surface area contributed by atoms with Gasteiger partial charge in [-0.15, -0.1) is 0 Å². The van der Waals surface area contributed by atoms with Crippen LogP contribution in [0.5, 0.6) is 0 Å². The van der Waals surface area contributed by atoms with Crippen LogP contribution < -0.4 is 62.2 Å². The Labute approximate surface area is 826 Å². The Morgan fingerprint density at radius 2 is 0.696 bits per heavy atom. The van der Waals surface area contributed by atoms with Crippen molar-refractivity contribution in [3.8, 4) is 0 Å². The Bertz CT molecular complexity index is 7030. The van der Waals surface area contributed by atoms with E-state index in [-0.39, 0.29) is 67.8 Å². The first-order valence-corrected chi connectivity index (χ1v) is 51.9. The maximum Gasteiger partial charge on any atom is 0.247 e. The lowest BCUT2D eigenvalue weighted by molar-refractivity contribution is 0.0586. The summed E-state index contributed by atoms with van der Waals surface area (Å²) >= 11 is 0. The molecule has 6 aliphatic heterocycles. The van der Waals surface area contributed by atoms with Gasteiger partial charge in [0.2, 0.25) is 13.4 Å². The average Bonchev–Trinajstić information content (AvgIpc) is 1.36. The first-order valence-electron chi connectivity index (χ1n) is 51.9. The van der Waals surface area contributed by atoms with Gasteiger partial charge < -0.3 is 29.4 Å². The topological polar surface area (TPSA) is 19.4 Å². The summed E-state index contributed by atoms with van der Waals surface area (Å²) in [5.41, 5.74) is 41.3. The van der Waals surface area contributed by atoms with Crippen molar-refractivity contribution < 1.29 is 0 Å². The lowest BCUT2D eigenvalue weighted by Gasteiger charge is -2.55. The van der Waals surface area contributed by atoms with E-state index in [4.69, 9.17) is 0 Å². The second-order valence-electron chi connectivity index (χ2n) is 50.0. The average molecular weight is 1810 g/mol. The smallest absolute Gasteiger partial charge is 0.247 e. The SMILES string of the molecule is CC(C)(C)c1ccc(N2c3cc4c(cc3B3c5ccc(N(c6ccccc6)c6ccccc6)cc5C(C)(C)c5cc(C(C)(C)C)cc2c53)C2(C)CC(C(C)(C)CCC(C)(C)c3cc5c6c(c3)C(C)(C)c3cc(N(c7ccccc7)c7ccccc7)ccc3B6c3ccc6c(c3N5c3ccc(C(C)(C)C)cc3)C3(C)CCCCC3(C)N6c3ccccc3)CCC2(C)N4c2ccc(C(C)(C)C)cc2)cc1. The minimum absolute atomic E-state index is 0.0133. The van der Waals surface area contributed by atoms with E-state index in [1.54, 1.807) is 0 Å². The molecule has 5 atom stereocenters. The third-order valence-corrected chi connectivity index (χ3v) is 36.1. The second-order valence-corrected chi connectivity index (χ2v) is 50.0. The van der Waals surface area contributed by atoms with E-state index in [0.29, 0.717) is 5.92 Å². The van der Waals surface area contributed by atoms with Gasteiger partial charge in [0.1, 0.15) is 0 Å². The fourth-order valence-corrected chi connectivity index (χ4v) is 27.2. The van der Waals surface area contributed by atoms with Gasteiger partial charge in [-0.2, -0.15) is 0 Å². The van der Waals surface area contributed by atoms with Crippen LogP contribution in [0.25, 0.3) is 0 Å². The van der Waals surface area contributed by atoms with Crippen molar-refractivity contribution in [2.45, 2.75) is 284 Å². The van der Waals surface area contributed by atoms with Gasteiger partial charge in [0.05, 0.1) is 11.1 Å². The van der Waals surface area contributed by atoms with Gasteiger partial charge in [0.15, 0.2) is 0 Å². The molecule has 8 heteroatoms. The van der Waals surface area contributed by atoms with Crippen molar-refractivity contribution in [1.29, 1.82) is 0 Å². The van der Waals surface area contributed by atoms with Gasteiger partial charge in [-0.3, -0.25) is 0 Å². The van der Waals surface area contributed by atoms with Crippen molar-refractivity contribution in [2.24, 2.45) is 11.3 Å². The summed E-state index contributed by atoms with van der Waals surface area (Å²) in [5.74, 6) is 0.403. The number of nitrogens with zero attached hydrogens (tertiary/aromatic N) is 6. The number of hydrogen-bond donors (Lipinski definition) is 0. The van der Waals surface area contributed by atoms with Gasteiger partial charge in [-0.05, 0) is 320 Å². The Kier molecular flexibility index (Phi) is 21.0. The minimum atomic E-state index is -0.432. The lowest BCUT2D eigenvalue weighted by Crippen LogP contribution is -2.64. The molecule has 0 N–H and O–H groups in total. The molecular formula is C130H142B2N6. The predicted octanol–water partition coefficient (Wildman–Crippen LogP) is 31.2. The van der Waals surface area contributed by atoms with Crippen LogP contribution >= 0.6 is 0 Å². The normalized spacial score (nSPS) is 20.8. The third kappa shape index (κ3) is 14.0. The van der Waals surface area contributed by atoms with Crippen molar-refractivity contribution in [1.82, 2.24) is 0 Å². The third-order valence-electron chi connectivity index (χ3n) is 36.1.